The van der Waals surface area contributed by atoms with E-state index in [1.807, 2.05) is 12.3 Å². The minimum absolute atomic E-state index is 0.205. The van der Waals surface area contributed by atoms with Gasteiger partial charge in [0.1, 0.15) is 17.4 Å². The van der Waals surface area contributed by atoms with E-state index in [0.717, 1.165) is 61.8 Å². The summed E-state index contributed by atoms with van der Waals surface area (Å²) >= 11 is 0. The molecule has 0 aliphatic carbocycles. The molecule has 158 valence electrons. The Hall–Kier alpha value is -2.14. The molecule has 5 heteroatoms. The molecule has 1 fully saturated rings. The number of ether oxygens (including phenoxy) is 1. The van der Waals surface area contributed by atoms with E-state index < -0.39 is 0 Å². The number of likely N-dealkylation sites (tertiary alicyclic amines) is 1. The first-order valence-corrected chi connectivity index (χ1v) is 11.2. The van der Waals surface area contributed by atoms with Crippen molar-refractivity contribution in [2.75, 3.05) is 13.1 Å². The van der Waals surface area contributed by atoms with Crippen molar-refractivity contribution in [3.63, 3.8) is 0 Å². The second-order valence-electron chi connectivity index (χ2n) is 8.19. The van der Waals surface area contributed by atoms with E-state index in [2.05, 4.69) is 41.9 Å². The number of rotatable bonds is 10. The van der Waals surface area contributed by atoms with Crippen LogP contribution >= 0.6 is 0 Å². The summed E-state index contributed by atoms with van der Waals surface area (Å²) in [6.45, 7) is 6.42. The van der Waals surface area contributed by atoms with Gasteiger partial charge in [-0.3, -0.25) is 9.78 Å². The smallest absolute Gasteiger partial charge is 0.217 e. The van der Waals surface area contributed by atoms with E-state index in [1.54, 1.807) is 0 Å². The Morgan fingerprint density at radius 2 is 2.10 bits per heavy atom. The Balaban J connectivity index is 1.65. The summed E-state index contributed by atoms with van der Waals surface area (Å²) in [7, 11) is 0. The monoisotopic (exact) mass is 397 g/mol. The van der Waals surface area contributed by atoms with Crippen LogP contribution in [0.3, 0.4) is 0 Å². The number of aryl methyl sites for hydroxylation is 1. The van der Waals surface area contributed by atoms with E-state index in [9.17, 15) is 4.79 Å². The van der Waals surface area contributed by atoms with Gasteiger partial charge >= 0.3 is 0 Å². The summed E-state index contributed by atoms with van der Waals surface area (Å²) < 4.78 is 6.49. The summed E-state index contributed by atoms with van der Waals surface area (Å²) in [5, 5.41) is 1.16. The fourth-order valence-electron chi connectivity index (χ4n) is 4.33. The van der Waals surface area contributed by atoms with E-state index >= 15 is 0 Å². The number of nitrogens with zero attached hydrogens (tertiary/aromatic N) is 2. The zero-order valence-corrected chi connectivity index (χ0v) is 17.9. The highest BCUT2D eigenvalue weighted by molar-refractivity contribution is 5.85. The second kappa shape index (κ2) is 10.6. The number of hydrogen-bond acceptors (Lipinski definition) is 4. The van der Waals surface area contributed by atoms with E-state index in [-0.39, 0.29) is 12.0 Å². The van der Waals surface area contributed by atoms with Crippen LogP contribution in [0.25, 0.3) is 10.9 Å². The molecule has 2 heterocycles. The van der Waals surface area contributed by atoms with E-state index in [1.165, 1.54) is 18.4 Å². The predicted octanol–water partition coefficient (Wildman–Crippen LogP) is 4.46. The van der Waals surface area contributed by atoms with Crippen molar-refractivity contribution in [2.45, 2.75) is 77.4 Å². The van der Waals surface area contributed by atoms with Crippen molar-refractivity contribution in [3.8, 4) is 5.75 Å². The van der Waals surface area contributed by atoms with Crippen LogP contribution in [-0.2, 0) is 11.2 Å². The van der Waals surface area contributed by atoms with Gasteiger partial charge in [0.05, 0.1) is 0 Å². The standard InChI is InChI=1S/C24H35N3O2/c1-3-5-7-18-16-19-8-6-13-26-24(19)22(17-18)29-21-11-14-27(15-12-21)20(4-2)9-10-23(25)28/h6,8,13,16-17,20-21H,3-5,7,9-12,14-15H2,1-2H3,(H2,25,28). The largest absolute Gasteiger partial charge is 0.488 e. The Morgan fingerprint density at radius 1 is 1.31 bits per heavy atom. The van der Waals surface area contributed by atoms with Crippen molar-refractivity contribution < 1.29 is 9.53 Å². The van der Waals surface area contributed by atoms with Gasteiger partial charge < -0.3 is 15.4 Å². The number of primary amides is 1. The van der Waals surface area contributed by atoms with Gasteiger partial charge in [0.15, 0.2) is 0 Å². The number of aromatic nitrogens is 1. The molecule has 1 unspecified atom stereocenters. The minimum atomic E-state index is -0.205. The van der Waals surface area contributed by atoms with Crippen LogP contribution in [0.5, 0.6) is 5.75 Å². The molecule has 2 N–H and O–H groups in total. The van der Waals surface area contributed by atoms with Gasteiger partial charge in [-0.05, 0) is 62.3 Å². The lowest BCUT2D eigenvalue weighted by Crippen LogP contribution is -2.44. The number of fused-ring (bicyclic) bond motifs is 1. The second-order valence-corrected chi connectivity index (χ2v) is 8.19. The summed E-state index contributed by atoms with van der Waals surface area (Å²) in [6, 6.07) is 8.99. The Morgan fingerprint density at radius 3 is 2.79 bits per heavy atom. The Bertz CT molecular complexity index is 800. The quantitative estimate of drug-likeness (QED) is 0.642. The molecule has 1 saturated heterocycles. The minimum Gasteiger partial charge on any atom is -0.488 e. The number of nitrogens with two attached hydrogens (primary N) is 1. The van der Waals surface area contributed by atoms with Gasteiger partial charge in [-0.2, -0.15) is 0 Å². The van der Waals surface area contributed by atoms with Crippen molar-refractivity contribution >= 4 is 16.8 Å². The summed E-state index contributed by atoms with van der Waals surface area (Å²) in [6.07, 6.45) is 9.88. The number of unbranched alkanes of at least 4 members (excludes halogenated alkanes) is 1. The van der Waals surface area contributed by atoms with E-state index in [0.29, 0.717) is 12.5 Å². The number of benzene rings is 1. The number of carbonyl (C=O) groups excluding carboxylic acids is 1. The molecule has 1 aliphatic heterocycles. The maximum Gasteiger partial charge on any atom is 0.217 e. The molecule has 2 aromatic rings. The Labute approximate surface area is 174 Å². The lowest BCUT2D eigenvalue weighted by atomic mass is 10.0. The Kier molecular flexibility index (Phi) is 7.87. The van der Waals surface area contributed by atoms with Crippen LogP contribution in [0.4, 0.5) is 0 Å². The van der Waals surface area contributed by atoms with Crippen molar-refractivity contribution in [2.24, 2.45) is 5.73 Å². The summed E-state index contributed by atoms with van der Waals surface area (Å²) in [5.74, 6) is 0.720. The van der Waals surface area contributed by atoms with Crippen molar-refractivity contribution in [1.29, 1.82) is 0 Å². The van der Waals surface area contributed by atoms with Crippen LogP contribution in [0.1, 0.15) is 64.4 Å². The molecule has 29 heavy (non-hydrogen) atoms. The molecular formula is C24H35N3O2. The van der Waals surface area contributed by atoms with Crippen LogP contribution < -0.4 is 10.5 Å². The average molecular weight is 398 g/mol. The van der Waals surface area contributed by atoms with Gasteiger partial charge in [-0.15, -0.1) is 0 Å². The summed E-state index contributed by atoms with van der Waals surface area (Å²) in [5.41, 5.74) is 7.63. The molecule has 1 amide bonds. The SMILES string of the molecule is CCCCc1cc(OC2CCN(C(CC)CCC(N)=O)CC2)c2ncccc2c1. The highest BCUT2D eigenvalue weighted by Crippen LogP contribution is 2.30. The first-order chi connectivity index (χ1) is 14.1. The molecule has 0 spiro atoms. The fourth-order valence-corrected chi connectivity index (χ4v) is 4.33. The van der Waals surface area contributed by atoms with Gasteiger partial charge in [-0.1, -0.05) is 26.3 Å². The van der Waals surface area contributed by atoms with Gasteiger partial charge in [0.25, 0.3) is 0 Å². The fraction of sp³-hybridized carbons (Fsp3) is 0.583. The molecule has 0 radical (unpaired) electrons. The maximum absolute atomic E-state index is 11.1. The highest BCUT2D eigenvalue weighted by atomic mass is 16.5. The molecule has 1 aliphatic rings. The normalized spacial score (nSPS) is 16.8. The number of carbonyl (C=O) groups is 1. The van der Waals surface area contributed by atoms with Crippen LogP contribution in [0.15, 0.2) is 30.5 Å². The molecule has 1 atom stereocenters. The number of piperidine rings is 1. The molecule has 3 rings (SSSR count). The van der Waals surface area contributed by atoms with Crippen LogP contribution in [-0.4, -0.2) is 41.0 Å². The topological polar surface area (TPSA) is 68.5 Å². The lowest BCUT2D eigenvalue weighted by Gasteiger charge is -2.37. The van der Waals surface area contributed by atoms with Crippen molar-refractivity contribution in [3.05, 3.63) is 36.0 Å². The summed E-state index contributed by atoms with van der Waals surface area (Å²) in [4.78, 5) is 18.2. The van der Waals surface area contributed by atoms with Gasteiger partial charge in [0.2, 0.25) is 5.91 Å². The first kappa shape index (κ1) is 21.6. The van der Waals surface area contributed by atoms with Gasteiger partial charge in [-0.25, -0.2) is 0 Å². The third kappa shape index (κ3) is 5.92. The van der Waals surface area contributed by atoms with Crippen LogP contribution in [0.2, 0.25) is 0 Å². The molecule has 5 nitrogen and oxygen atoms in total. The highest BCUT2D eigenvalue weighted by Gasteiger charge is 2.26. The number of pyridine rings is 1. The third-order valence-corrected chi connectivity index (χ3v) is 6.03. The first-order valence-electron chi connectivity index (χ1n) is 11.2. The molecular weight excluding hydrogens is 362 g/mol. The van der Waals surface area contributed by atoms with Crippen LogP contribution in [0, 0.1) is 0 Å². The number of hydrogen-bond donors (Lipinski definition) is 1. The lowest BCUT2D eigenvalue weighted by molar-refractivity contribution is -0.118. The third-order valence-electron chi connectivity index (χ3n) is 6.03. The van der Waals surface area contributed by atoms with Crippen molar-refractivity contribution in [1.82, 2.24) is 9.88 Å². The zero-order chi connectivity index (χ0) is 20.6. The molecule has 0 bridgehead atoms. The maximum atomic E-state index is 11.1. The molecule has 0 saturated carbocycles. The number of amides is 1. The average Bonchev–Trinajstić information content (AvgIpc) is 2.73. The zero-order valence-electron chi connectivity index (χ0n) is 17.9. The molecule has 1 aromatic heterocycles. The van der Waals surface area contributed by atoms with E-state index in [4.69, 9.17) is 10.5 Å². The van der Waals surface area contributed by atoms with Gasteiger partial charge in [0, 0.05) is 37.1 Å². The predicted molar refractivity (Wildman–Crippen MR) is 118 cm³/mol. The molecule has 1 aromatic carbocycles.